The first-order valence-electron chi connectivity index (χ1n) is 6.99. The number of anilines is 2. The van der Waals surface area contributed by atoms with Crippen molar-refractivity contribution in [3.05, 3.63) is 30.1 Å². The molecule has 0 aliphatic carbocycles. The first kappa shape index (κ1) is 14.3. The molecule has 6 heteroatoms. The van der Waals surface area contributed by atoms with E-state index in [0.717, 1.165) is 49.1 Å². The summed E-state index contributed by atoms with van der Waals surface area (Å²) >= 11 is 0. The van der Waals surface area contributed by atoms with Gasteiger partial charge in [0.25, 0.3) is 0 Å². The fourth-order valence-corrected chi connectivity index (χ4v) is 2.03. The van der Waals surface area contributed by atoms with Crippen LogP contribution in [0.25, 0.3) is 0 Å². The van der Waals surface area contributed by atoms with Crippen molar-refractivity contribution in [1.29, 1.82) is 0 Å². The van der Waals surface area contributed by atoms with Gasteiger partial charge in [-0.05, 0) is 27.2 Å². The van der Waals surface area contributed by atoms with Gasteiger partial charge in [0.15, 0.2) is 0 Å². The minimum Gasteiger partial charge on any atom is -0.370 e. The van der Waals surface area contributed by atoms with Crippen LogP contribution in [0.1, 0.15) is 24.7 Å². The highest BCUT2D eigenvalue weighted by Gasteiger charge is 2.07. The molecule has 2 aromatic heterocycles. The van der Waals surface area contributed by atoms with E-state index in [9.17, 15) is 0 Å². The van der Waals surface area contributed by atoms with E-state index >= 15 is 0 Å². The molecular formula is C14H22N6. The molecule has 108 valence electrons. The molecule has 2 N–H and O–H groups in total. The molecule has 2 aromatic rings. The van der Waals surface area contributed by atoms with Gasteiger partial charge in [-0.15, -0.1) is 0 Å². The summed E-state index contributed by atoms with van der Waals surface area (Å²) < 4.78 is 2.07. The topological polar surface area (TPSA) is 67.7 Å². The Balaban J connectivity index is 1.91. The zero-order chi connectivity index (χ0) is 14.4. The average Bonchev–Trinajstić information content (AvgIpc) is 2.93. The molecule has 0 radical (unpaired) electrons. The number of rotatable bonds is 7. The maximum Gasteiger partial charge on any atom is 0.134 e. The van der Waals surface area contributed by atoms with Gasteiger partial charge in [-0.3, -0.25) is 0 Å². The minimum atomic E-state index is 0.781. The van der Waals surface area contributed by atoms with Gasteiger partial charge in [0.1, 0.15) is 17.5 Å². The summed E-state index contributed by atoms with van der Waals surface area (Å²) in [5, 5.41) is 6.66. The van der Waals surface area contributed by atoms with Gasteiger partial charge in [-0.1, -0.05) is 0 Å². The SMILES string of the molecule is CCNc1nc(C)nc(NCCCn2ccnc2)c1C. The average molecular weight is 274 g/mol. The Hall–Kier alpha value is -2.11. The van der Waals surface area contributed by atoms with Crippen molar-refractivity contribution < 1.29 is 0 Å². The van der Waals surface area contributed by atoms with Crippen LogP contribution in [-0.2, 0) is 6.54 Å². The van der Waals surface area contributed by atoms with Gasteiger partial charge in [0, 0.05) is 37.6 Å². The molecule has 0 amide bonds. The lowest BCUT2D eigenvalue weighted by molar-refractivity contribution is 0.659. The summed E-state index contributed by atoms with van der Waals surface area (Å²) in [4.78, 5) is 12.9. The molecule has 0 fully saturated rings. The van der Waals surface area contributed by atoms with Crippen LogP contribution in [0, 0.1) is 13.8 Å². The molecule has 0 unspecified atom stereocenters. The summed E-state index contributed by atoms with van der Waals surface area (Å²) in [6.45, 7) is 8.70. The molecule has 20 heavy (non-hydrogen) atoms. The highest BCUT2D eigenvalue weighted by molar-refractivity contribution is 5.57. The lowest BCUT2D eigenvalue weighted by Crippen LogP contribution is -2.12. The van der Waals surface area contributed by atoms with E-state index < -0.39 is 0 Å². The molecule has 0 aliphatic heterocycles. The summed E-state index contributed by atoms with van der Waals surface area (Å²) in [7, 11) is 0. The van der Waals surface area contributed by atoms with E-state index in [0.29, 0.717) is 0 Å². The van der Waals surface area contributed by atoms with Gasteiger partial charge >= 0.3 is 0 Å². The zero-order valence-electron chi connectivity index (χ0n) is 12.3. The van der Waals surface area contributed by atoms with Crippen LogP contribution < -0.4 is 10.6 Å². The van der Waals surface area contributed by atoms with Gasteiger partial charge < -0.3 is 15.2 Å². The third-order valence-electron chi connectivity index (χ3n) is 3.05. The van der Waals surface area contributed by atoms with Crippen LogP contribution in [0.4, 0.5) is 11.6 Å². The summed E-state index contributed by atoms with van der Waals surface area (Å²) in [5.41, 5.74) is 1.07. The number of imidazole rings is 1. The smallest absolute Gasteiger partial charge is 0.134 e. The highest BCUT2D eigenvalue weighted by Crippen LogP contribution is 2.19. The quantitative estimate of drug-likeness (QED) is 0.758. The largest absolute Gasteiger partial charge is 0.370 e. The monoisotopic (exact) mass is 274 g/mol. The van der Waals surface area contributed by atoms with Gasteiger partial charge in [0.05, 0.1) is 6.33 Å². The van der Waals surface area contributed by atoms with Crippen LogP contribution in [0.15, 0.2) is 18.7 Å². The van der Waals surface area contributed by atoms with E-state index in [2.05, 4.69) is 37.1 Å². The first-order valence-corrected chi connectivity index (χ1v) is 6.99. The van der Waals surface area contributed by atoms with E-state index in [1.54, 1.807) is 6.20 Å². The van der Waals surface area contributed by atoms with Crippen molar-refractivity contribution in [3.63, 3.8) is 0 Å². The van der Waals surface area contributed by atoms with Crippen molar-refractivity contribution in [1.82, 2.24) is 19.5 Å². The lowest BCUT2D eigenvalue weighted by Gasteiger charge is -2.13. The van der Waals surface area contributed by atoms with Crippen molar-refractivity contribution >= 4 is 11.6 Å². The standard InChI is InChI=1S/C14H22N6/c1-4-16-13-11(2)14(19-12(3)18-13)17-6-5-8-20-9-7-15-10-20/h7,9-10H,4-6,8H2,1-3H3,(H2,16,17,18,19). The second-order valence-corrected chi connectivity index (χ2v) is 4.70. The van der Waals surface area contributed by atoms with Crippen LogP contribution in [0.3, 0.4) is 0 Å². The molecule has 6 nitrogen and oxygen atoms in total. The zero-order valence-corrected chi connectivity index (χ0v) is 12.3. The number of aromatic nitrogens is 4. The molecule has 0 aromatic carbocycles. The summed E-state index contributed by atoms with van der Waals surface area (Å²) in [6, 6.07) is 0. The van der Waals surface area contributed by atoms with E-state index in [1.807, 2.05) is 26.4 Å². The Kier molecular flexibility index (Phi) is 4.92. The van der Waals surface area contributed by atoms with Gasteiger partial charge in [0.2, 0.25) is 0 Å². The molecular weight excluding hydrogens is 252 g/mol. The van der Waals surface area contributed by atoms with E-state index in [-0.39, 0.29) is 0 Å². The number of hydrogen-bond acceptors (Lipinski definition) is 5. The lowest BCUT2D eigenvalue weighted by atomic mass is 10.3. The Morgan fingerprint density at radius 2 is 1.90 bits per heavy atom. The van der Waals surface area contributed by atoms with Gasteiger partial charge in [-0.25, -0.2) is 15.0 Å². The normalized spacial score (nSPS) is 10.6. The number of nitrogens with one attached hydrogen (secondary N) is 2. The Morgan fingerprint density at radius 1 is 1.15 bits per heavy atom. The number of aryl methyl sites for hydroxylation is 2. The summed E-state index contributed by atoms with van der Waals surface area (Å²) in [6.07, 6.45) is 6.64. The van der Waals surface area contributed by atoms with E-state index in [4.69, 9.17) is 0 Å². The molecule has 0 saturated heterocycles. The van der Waals surface area contributed by atoms with E-state index in [1.165, 1.54) is 0 Å². The molecule has 0 aliphatic rings. The second kappa shape index (κ2) is 6.88. The Bertz CT molecular complexity index is 535. The molecule has 2 rings (SSSR count). The predicted molar refractivity (Wildman–Crippen MR) is 81.0 cm³/mol. The molecule has 0 spiro atoms. The van der Waals surface area contributed by atoms with Crippen LogP contribution in [0.2, 0.25) is 0 Å². The van der Waals surface area contributed by atoms with Crippen molar-refractivity contribution in [2.45, 2.75) is 33.7 Å². The third-order valence-corrected chi connectivity index (χ3v) is 3.05. The predicted octanol–water partition coefficient (Wildman–Crippen LogP) is 2.22. The van der Waals surface area contributed by atoms with Crippen molar-refractivity contribution in [2.75, 3.05) is 23.7 Å². The van der Waals surface area contributed by atoms with Crippen LogP contribution in [0.5, 0.6) is 0 Å². The maximum absolute atomic E-state index is 4.47. The maximum atomic E-state index is 4.47. The van der Waals surface area contributed by atoms with Gasteiger partial charge in [-0.2, -0.15) is 0 Å². The highest BCUT2D eigenvalue weighted by atomic mass is 15.1. The van der Waals surface area contributed by atoms with Crippen LogP contribution in [-0.4, -0.2) is 32.6 Å². The van der Waals surface area contributed by atoms with Crippen molar-refractivity contribution in [2.24, 2.45) is 0 Å². The fourth-order valence-electron chi connectivity index (χ4n) is 2.03. The summed E-state index contributed by atoms with van der Waals surface area (Å²) in [5.74, 6) is 2.61. The third kappa shape index (κ3) is 3.69. The fraction of sp³-hybridized carbons (Fsp3) is 0.500. The Morgan fingerprint density at radius 3 is 2.55 bits per heavy atom. The second-order valence-electron chi connectivity index (χ2n) is 4.70. The molecule has 0 atom stereocenters. The minimum absolute atomic E-state index is 0.781. The van der Waals surface area contributed by atoms with Crippen molar-refractivity contribution in [3.8, 4) is 0 Å². The molecule has 0 bridgehead atoms. The Labute approximate surface area is 119 Å². The number of hydrogen-bond donors (Lipinski definition) is 2. The first-order chi connectivity index (χ1) is 9.70. The van der Waals surface area contributed by atoms with Crippen LogP contribution >= 0.6 is 0 Å². The number of nitrogens with zero attached hydrogens (tertiary/aromatic N) is 4. The molecule has 0 saturated carbocycles. The molecule has 2 heterocycles.